The second-order valence-electron chi connectivity index (χ2n) is 32.3. The van der Waals surface area contributed by atoms with Gasteiger partial charge in [-0.2, -0.15) is 8.42 Å². The molecule has 0 spiro atoms. The fraction of sp³-hybridized carbons (Fsp3) is 0.143. The molecule has 3 heterocycles. The quantitative estimate of drug-likeness (QED) is 0.00979. The monoisotopic (exact) mass is 3000 g/mol. The second-order valence-corrected chi connectivity index (χ2v) is 66.4. The molecule has 21 nitrogen and oxygen atoms in total. The molecule has 0 aliphatic carbocycles. The normalized spacial score (nSPS) is 11.4. The van der Waals surface area contributed by atoms with Crippen LogP contribution in [0.2, 0.25) is 0 Å². The van der Waals surface area contributed by atoms with Crippen molar-refractivity contribution in [3.8, 4) is 17.2 Å². The number of phenols is 1. The van der Waals surface area contributed by atoms with Gasteiger partial charge in [-0.15, -0.1) is 24.0 Å². The fourth-order valence-electron chi connectivity index (χ4n) is 16.6. The molecule has 0 radical (unpaired) electrons. The molecule has 3 atom stereocenters. The number of carbonyl (C=O) groups excluding carboxylic acids is 6. The number of methoxy groups -OCH3 is 3. The summed E-state index contributed by atoms with van der Waals surface area (Å²) in [6, 6.07) is 106. The molecule has 18 rings (SSSR count). The van der Waals surface area contributed by atoms with Crippen molar-refractivity contribution in [3.05, 3.63) is 432 Å². The zero-order valence-electron chi connectivity index (χ0n) is 78.7. The number of aromatic hydroxyl groups is 1. The van der Waals surface area contributed by atoms with Crippen LogP contribution in [0.15, 0.2) is 364 Å². The molecule has 3 unspecified atom stereocenters. The Kier molecular flexibility index (Phi) is 47.5. The Balaban J connectivity index is 0.000000187. The molecule has 18 aromatic rings. The molecule has 0 saturated carbocycles. The Hall–Kier alpha value is -9.81. The summed E-state index contributed by atoms with van der Waals surface area (Å²) in [5.41, 5.74) is 13.1. The van der Waals surface area contributed by atoms with E-state index in [0.29, 0.717) is 129 Å². The number of esters is 3. The van der Waals surface area contributed by atoms with E-state index in [0.717, 1.165) is 45.5 Å². The van der Waals surface area contributed by atoms with Gasteiger partial charge in [0.2, 0.25) is 0 Å². The summed E-state index contributed by atoms with van der Waals surface area (Å²) < 4.78 is 101. The molecule has 0 amide bonds. The molecular formula is C112H98F3I9N6O15S-2. The van der Waals surface area contributed by atoms with Gasteiger partial charge in [0.15, 0.2) is 17.3 Å². The first kappa shape index (κ1) is 116. The summed E-state index contributed by atoms with van der Waals surface area (Å²) in [4.78, 5) is 77.1. The van der Waals surface area contributed by atoms with Crippen LogP contribution in [0, 0.1) is 17.5 Å². The molecule has 0 bridgehead atoms. The molecule has 0 aliphatic heterocycles. The molecule has 4 N–H and O–H groups in total. The Morgan fingerprint density at radius 3 is 0.788 bits per heavy atom. The SMILES string of the molecule is COC(=O)C(Cc1ccc(O)cc1)Nc1ccccc1C(=O)c1ccc(F)cc1.COC(=O)C(Cc1ccc(OCCn2c3ccccc3c3ccccc32)cc1)Nc1ccccc1C(=O)c1ccc(F)cc1.COC(=O)C(Cc1ccc(OCCn2c3ccccc3c3ccccc32)cc1)Nc1ccccc1C(=O)c1ccc(F)cc1.CS(=O)(=O)OCCn1c2ccccc2c2ccccc21.I.II.I[I-]I.I[I-]I. The topological polar surface area (TPSA) is 263 Å². The van der Waals surface area contributed by atoms with Gasteiger partial charge < -0.3 is 58.4 Å². The zero-order valence-corrected chi connectivity index (χ0v) is 99.1. The number of ether oxygens (including phenoxy) is 5. The summed E-state index contributed by atoms with van der Waals surface area (Å²) >= 11 is 14.8. The number of hydrogen-bond donors (Lipinski definition) is 4. The molecule has 758 valence electrons. The summed E-state index contributed by atoms with van der Waals surface area (Å²) in [6.07, 6.45) is 2.02. The van der Waals surface area contributed by atoms with E-state index in [1.165, 1.54) is 161 Å². The van der Waals surface area contributed by atoms with Crippen LogP contribution in [0.3, 0.4) is 0 Å². The zero-order chi connectivity index (χ0) is 103. The van der Waals surface area contributed by atoms with Gasteiger partial charge in [-0.3, -0.25) is 18.6 Å². The molecule has 34 heteroatoms. The van der Waals surface area contributed by atoms with E-state index in [-0.39, 0.29) is 53.7 Å². The predicted molar refractivity (Wildman–Crippen MR) is 629 cm³/mol. The number of anilines is 3. The first-order chi connectivity index (χ1) is 70.4. The Bertz CT molecular complexity index is 7080. The van der Waals surface area contributed by atoms with Crippen molar-refractivity contribution in [1.29, 1.82) is 0 Å². The van der Waals surface area contributed by atoms with E-state index >= 15 is 0 Å². The first-order valence-electron chi connectivity index (χ1n) is 44.9. The van der Waals surface area contributed by atoms with Gasteiger partial charge in [-0.25, -0.2) is 27.6 Å². The standard InChI is InChI=1S/2C37H31FN2O4.C23H20FNO4.C15H15NO3S.2I3.I2.HI/c2*1-43-37(42)33(39-32-11-5-2-10-31(32)36(41)26-16-18-27(38)19-17-26)24-25-14-20-28(21-15-25)44-23-22-40-34-12-6-3-8-29(34)30-9-4-7-13-35(30)40;1-29-23(28)21(14-15-6-12-18(26)13-7-15)25-20-5-3-2-4-19(20)22(27)16-8-10-17(24)11-9-16;1-20(17,18)19-11-10-16-14-8-4-2-6-12(14)13-7-3-5-9-15(13)16;2*1-3-2;1-2;/h2*2-21,33,39H,22-24H2,1H3;2-13,21,25-26H,14H2,1H3;2-9H,10-11H2,1H3;;;;1H/q;;;;2*-1;;. The minimum absolute atomic E-state index is 0. The summed E-state index contributed by atoms with van der Waals surface area (Å²) in [5, 5.41) is 26.2. The molecule has 0 fully saturated rings. The molecule has 3 aromatic heterocycles. The number of nitrogens with zero attached hydrogens (tertiary/aromatic N) is 3. The third kappa shape index (κ3) is 32.6. The van der Waals surface area contributed by atoms with Crippen LogP contribution in [0.25, 0.3) is 65.4 Å². The van der Waals surface area contributed by atoms with Crippen LogP contribution >= 0.6 is 136 Å². The van der Waals surface area contributed by atoms with Crippen molar-refractivity contribution in [3.63, 3.8) is 0 Å². The van der Waals surface area contributed by atoms with E-state index < -0.39 is 63.6 Å². The molecular weight excluding hydrogens is 2900 g/mol. The number of ketones is 3. The van der Waals surface area contributed by atoms with Crippen molar-refractivity contribution in [2.24, 2.45) is 0 Å². The third-order valence-corrected chi connectivity index (χ3v) is 23.8. The maximum absolute atomic E-state index is 13.4. The van der Waals surface area contributed by atoms with Gasteiger partial charge in [0, 0.05) is 179 Å². The van der Waals surface area contributed by atoms with E-state index in [2.05, 4.69) is 251 Å². The Morgan fingerprint density at radius 1 is 0.329 bits per heavy atom. The predicted octanol–water partition coefficient (Wildman–Crippen LogP) is 21.5. The molecule has 0 aliphatic rings. The maximum atomic E-state index is 13.4. The summed E-state index contributed by atoms with van der Waals surface area (Å²) in [7, 11) is 0.566. The van der Waals surface area contributed by atoms with Crippen molar-refractivity contribution in [2.45, 2.75) is 57.0 Å². The number of rotatable bonds is 33. The molecule has 0 saturated heterocycles. The number of halogens is 12. The van der Waals surface area contributed by atoms with Crippen molar-refractivity contribution in [2.75, 3.05) is 63.4 Å². The van der Waals surface area contributed by atoms with Gasteiger partial charge in [-0.05, 0) is 199 Å². The molecule has 15 aromatic carbocycles. The van der Waals surface area contributed by atoms with Gasteiger partial charge in [0.05, 0.1) is 47.3 Å². The van der Waals surface area contributed by atoms with Crippen LogP contribution in [-0.4, -0.2) is 128 Å². The van der Waals surface area contributed by atoms with Crippen molar-refractivity contribution in [1.82, 2.24) is 13.7 Å². The van der Waals surface area contributed by atoms with Crippen LogP contribution in [0.1, 0.15) is 64.5 Å². The number of fused-ring (bicyclic) bond motifs is 9. The van der Waals surface area contributed by atoms with Crippen LogP contribution in [0.5, 0.6) is 17.2 Å². The number of benzene rings is 15. The van der Waals surface area contributed by atoms with Crippen LogP contribution < -0.4 is 51.9 Å². The Labute approximate surface area is 944 Å². The number of carbonyl (C=O) groups is 6. The Morgan fingerprint density at radius 2 is 0.548 bits per heavy atom. The van der Waals surface area contributed by atoms with Gasteiger partial charge >= 0.3 is 119 Å². The summed E-state index contributed by atoms with van der Waals surface area (Å²) in [6.45, 7) is 3.02. The number of para-hydroxylation sites is 9. The third-order valence-electron chi connectivity index (χ3n) is 23.2. The van der Waals surface area contributed by atoms with Crippen LogP contribution in [-0.2, 0) is 81.8 Å². The van der Waals surface area contributed by atoms with Gasteiger partial charge in [-0.1, -0.05) is 182 Å². The number of phenolic OH excluding ortho intramolecular Hbond substituents is 1. The number of nitrogens with one attached hydrogen (secondary N) is 3. The van der Waals surface area contributed by atoms with E-state index in [4.69, 9.17) is 27.9 Å². The van der Waals surface area contributed by atoms with Gasteiger partial charge in [0.1, 0.15) is 66.0 Å². The van der Waals surface area contributed by atoms with Crippen molar-refractivity contribution >= 4 is 264 Å². The molecule has 146 heavy (non-hydrogen) atoms. The van der Waals surface area contributed by atoms with Crippen LogP contribution in [0.4, 0.5) is 30.2 Å². The second kappa shape index (κ2) is 59.5. The first-order valence-corrected chi connectivity index (χ1v) is 78.2. The fourth-order valence-corrected chi connectivity index (χ4v) is 16.9. The van der Waals surface area contributed by atoms with Gasteiger partial charge in [0.25, 0.3) is 10.1 Å². The van der Waals surface area contributed by atoms with E-state index in [1.54, 1.807) is 84.9 Å². The van der Waals surface area contributed by atoms with E-state index in [1.807, 2.05) is 84.9 Å². The minimum atomic E-state index is -3.40. The average Bonchev–Trinajstić information content (AvgIpc) is 1.62. The summed E-state index contributed by atoms with van der Waals surface area (Å²) in [5.74, 6) is -1.92. The van der Waals surface area contributed by atoms with Crippen molar-refractivity contribution < 1.29 is 110 Å². The number of hydrogen-bond acceptors (Lipinski definition) is 18. The van der Waals surface area contributed by atoms with E-state index in [9.17, 15) is 55.5 Å². The number of aromatic nitrogens is 3. The average molecular weight is 3000 g/mol.